The zero-order valence-corrected chi connectivity index (χ0v) is 13.9. The summed E-state index contributed by atoms with van der Waals surface area (Å²) in [6.07, 6.45) is 0.862. The van der Waals surface area contributed by atoms with E-state index in [0.717, 1.165) is 22.4 Å². The molecule has 2 nitrogen and oxygen atoms in total. The van der Waals surface area contributed by atoms with E-state index in [4.69, 9.17) is 10.5 Å². The highest BCUT2D eigenvalue weighted by Gasteiger charge is 2.14. The molecule has 0 aromatic heterocycles. The fourth-order valence-corrected chi connectivity index (χ4v) is 2.77. The fraction of sp³-hybridized carbons (Fsp3) is 0.571. The predicted molar refractivity (Wildman–Crippen MR) is 84.6 cm³/mol. The third-order valence-electron chi connectivity index (χ3n) is 2.47. The van der Waals surface area contributed by atoms with Crippen molar-refractivity contribution < 1.29 is 4.74 Å². The smallest absolute Gasteiger partial charge is 0.119 e. The van der Waals surface area contributed by atoms with Crippen molar-refractivity contribution in [3.63, 3.8) is 0 Å². The lowest BCUT2D eigenvalue weighted by atomic mass is 10.1. The number of halogens is 1. The van der Waals surface area contributed by atoms with Crippen LogP contribution in [0.3, 0.4) is 0 Å². The van der Waals surface area contributed by atoms with Crippen LogP contribution in [0.2, 0.25) is 0 Å². The van der Waals surface area contributed by atoms with Crippen LogP contribution >= 0.6 is 27.7 Å². The van der Waals surface area contributed by atoms with E-state index in [-0.39, 0.29) is 10.8 Å². The molecule has 1 rings (SSSR count). The number of hydrogen-bond donors (Lipinski definition) is 1. The van der Waals surface area contributed by atoms with E-state index >= 15 is 0 Å². The van der Waals surface area contributed by atoms with E-state index in [9.17, 15) is 0 Å². The Bertz CT molecular complexity index is 390. The normalized spacial score (nSPS) is 13.4. The molecule has 0 amide bonds. The van der Waals surface area contributed by atoms with Gasteiger partial charge in [-0.15, -0.1) is 0 Å². The molecule has 0 aliphatic heterocycles. The van der Waals surface area contributed by atoms with Crippen molar-refractivity contribution in [2.24, 2.45) is 5.73 Å². The summed E-state index contributed by atoms with van der Waals surface area (Å²) in [5, 5.41) is 0. The highest BCUT2D eigenvalue weighted by molar-refractivity contribution is 9.10. The summed E-state index contributed by atoms with van der Waals surface area (Å²) in [5.41, 5.74) is 7.40. The average molecular weight is 332 g/mol. The van der Waals surface area contributed by atoms with Crippen LogP contribution in [-0.2, 0) is 6.42 Å². The van der Waals surface area contributed by atoms with Crippen molar-refractivity contribution in [2.45, 2.75) is 38.0 Å². The van der Waals surface area contributed by atoms with Gasteiger partial charge in [0.1, 0.15) is 5.75 Å². The van der Waals surface area contributed by atoms with Crippen LogP contribution in [0.15, 0.2) is 22.7 Å². The van der Waals surface area contributed by atoms with Gasteiger partial charge < -0.3 is 10.5 Å². The number of thioether (sulfide) groups is 1. The number of methoxy groups -OCH3 is 1. The minimum atomic E-state index is 0.164. The summed E-state index contributed by atoms with van der Waals surface area (Å²) in [5.74, 6) is 1.84. The Hall–Kier alpha value is -0.190. The van der Waals surface area contributed by atoms with E-state index < -0.39 is 0 Å². The molecule has 0 aliphatic rings. The molecular formula is C14H22BrNOS. The van der Waals surface area contributed by atoms with Crippen molar-refractivity contribution in [1.29, 1.82) is 0 Å². The quantitative estimate of drug-likeness (QED) is 0.889. The number of ether oxygens (including phenoxy) is 1. The fourth-order valence-electron chi connectivity index (χ4n) is 1.53. The van der Waals surface area contributed by atoms with Crippen molar-refractivity contribution in [3.05, 3.63) is 28.2 Å². The maximum atomic E-state index is 6.19. The minimum absolute atomic E-state index is 0.164. The van der Waals surface area contributed by atoms with Gasteiger partial charge in [0.2, 0.25) is 0 Å². The standard InChI is InChI=1S/C14H22BrNOS/c1-14(2,3)18-9-11(16)7-10-8-12(17-4)5-6-13(10)15/h5-6,8,11H,7,9,16H2,1-4H3. The monoisotopic (exact) mass is 331 g/mol. The molecule has 0 saturated heterocycles. The van der Waals surface area contributed by atoms with Gasteiger partial charge in [-0.3, -0.25) is 0 Å². The Labute approximate surface area is 123 Å². The lowest BCUT2D eigenvalue weighted by Gasteiger charge is -2.21. The van der Waals surface area contributed by atoms with Gasteiger partial charge in [-0.1, -0.05) is 36.7 Å². The number of rotatable bonds is 5. The highest BCUT2D eigenvalue weighted by Crippen LogP contribution is 2.26. The Balaban J connectivity index is 2.61. The summed E-state index contributed by atoms with van der Waals surface area (Å²) in [6, 6.07) is 6.17. The second-order valence-corrected chi connectivity index (χ2v) is 8.05. The molecule has 102 valence electrons. The van der Waals surface area contributed by atoms with E-state index in [1.807, 2.05) is 30.0 Å². The van der Waals surface area contributed by atoms with Crippen molar-refractivity contribution in [2.75, 3.05) is 12.9 Å². The third-order valence-corrected chi connectivity index (χ3v) is 4.70. The number of nitrogens with two attached hydrogens (primary N) is 1. The molecule has 1 unspecified atom stereocenters. The minimum Gasteiger partial charge on any atom is -0.497 e. The SMILES string of the molecule is COc1ccc(Br)c(CC(N)CSC(C)(C)C)c1. The molecule has 0 radical (unpaired) electrons. The van der Waals surface area contributed by atoms with Gasteiger partial charge in [-0.2, -0.15) is 11.8 Å². The molecule has 1 aromatic carbocycles. The van der Waals surface area contributed by atoms with Crippen molar-refractivity contribution in [3.8, 4) is 5.75 Å². The van der Waals surface area contributed by atoms with E-state index in [0.29, 0.717) is 0 Å². The Morgan fingerprint density at radius 2 is 2.06 bits per heavy atom. The lowest BCUT2D eigenvalue weighted by molar-refractivity contribution is 0.414. The van der Waals surface area contributed by atoms with Gasteiger partial charge in [-0.05, 0) is 30.2 Å². The third kappa shape index (κ3) is 5.63. The molecule has 1 atom stereocenters. The Kier molecular flexibility index (Phi) is 6.02. The topological polar surface area (TPSA) is 35.2 Å². The summed E-state index contributed by atoms with van der Waals surface area (Å²) in [7, 11) is 1.68. The average Bonchev–Trinajstić information content (AvgIpc) is 2.28. The molecule has 1 aromatic rings. The Morgan fingerprint density at radius 1 is 1.39 bits per heavy atom. The molecule has 0 aliphatic carbocycles. The van der Waals surface area contributed by atoms with Gasteiger partial charge in [0.15, 0.2) is 0 Å². The van der Waals surface area contributed by atoms with Crippen LogP contribution in [0.25, 0.3) is 0 Å². The molecule has 0 heterocycles. The van der Waals surface area contributed by atoms with Gasteiger partial charge in [0, 0.05) is 21.0 Å². The zero-order valence-electron chi connectivity index (χ0n) is 11.5. The highest BCUT2D eigenvalue weighted by atomic mass is 79.9. The molecule has 18 heavy (non-hydrogen) atoms. The molecule has 0 fully saturated rings. The molecule has 4 heteroatoms. The van der Waals surface area contributed by atoms with E-state index in [2.05, 4.69) is 36.7 Å². The largest absolute Gasteiger partial charge is 0.497 e. The second kappa shape index (κ2) is 6.83. The molecule has 2 N–H and O–H groups in total. The molecule has 0 bridgehead atoms. The van der Waals surface area contributed by atoms with Gasteiger partial charge in [0.05, 0.1) is 7.11 Å². The zero-order chi connectivity index (χ0) is 13.8. The van der Waals surface area contributed by atoms with Crippen LogP contribution in [0.5, 0.6) is 5.75 Å². The van der Waals surface area contributed by atoms with Gasteiger partial charge in [-0.25, -0.2) is 0 Å². The Morgan fingerprint density at radius 3 is 2.61 bits per heavy atom. The first-order valence-corrected chi connectivity index (χ1v) is 7.81. The summed E-state index contributed by atoms with van der Waals surface area (Å²) < 4.78 is 6.60. The van der Waals surface area contributed by atoms with E-state index in [1.54, 1.807) is 7.11 Å². The summed E-state index contributed by atoms with van der Waals surface area (Å²) in [6.45, 7) is 6.64. The van der Waals surface area contributed by atoms with Crippen LogP contribution in [0.1, 0.15) is 26.3 Å². The lowest BCUT2D eigenvalue weighted by Crippen LogP contribution is -2.28. The maximum absolute atomic E-state index is 6.19. The molecule has 0 spiro atoms. The number of benzene rings is 1. The summed E-state index contributed by atoms with van der Waals surface area (Å²) >= 11 is 5.47. The number of hydrogen-bond acceptors (Lipinski definition) is 3. The van der Waals surface area contributed by atoms with E-state index in [1.165, 1.54) is 5.56 Å². The first-order chi connectivity index (χ1) is 8.31. The van der Waals surface area contributed by atoms with Gasteiger partial charge >= 0.3 is 0 Å². The van der Waals surface area contributed by atoms with Crippen LogP contribution in [0, 0.1) is 0 Å². The first kappa shape index (κ1) is 15.9. The van der Waals surface area contributed by atoms with Crippen molar-refractivity contribution in [1.82, 2.24) is 0 Å². The molecular weight excluding hydrogens is 310 g/mol. The predicted octanol–water partition coefficient (Wildman–Crippen LogP) is 3.86. The summed E-state index contributed by atoms with van der Waals surface area (Å²) in [4.78, 5) is 0. The van der Waals surface area contributed by atoms with Crippen LogP contribution in [-0.4, -0.2) is 23.7 Å². The first-order valence-electron chi connectivity index (χ1n) is 6.04. The second-order valence-electron chi connectivity index (χ2n) is 5.34. The van der Waals surface area contributed by atoms with Crippen molar-refractivity contribution >= 4 is 27.7 Å². The maximum Gasteiger partial charge on any atom is 0.119 e. The molecule has 0 saturated carbocycles. The van der Waals surface area contributed by atoms with Gasteiger partial charge in [0.25, 0.3) is 0 Å². The van der Waals surface area contributed by atoms with Crippen LogP contribution in [0.4, 0.5) is 0 Å². The van der Waals surface area contributed by atoms with Crippen LogP contribution < -0.4 is 10.5 Å².